The molecule has 0 aromatic rings. The molecule has 0 saturated carbocycles. The lowest BCUT2D eigenvalue weighted by Crippen LogP contribution is -2.22. The first-order chi connectivity index (χ1) is 11.6. The number of nitrogens with one attached hydrogen (secondary N) is 1. The molecule has 146 valence electrons. The van der Waals surface area contributed by atoms with E-state index in [0.717, 1.165) is 25.6 Å². The third-order valence-electron chi connectivity index (χ3n) is 4.26. The lowest BCUT2D eigenvalue weighted by molar-refractivity contribution is 0.309. The van der Waals surface area contributed by atoms with E-state index in [1.165, 1.54) is 83.5 Å². The zero-order valence-corrected chi connectivity index (χ0v) is 16.5. The van der Waals surface area contributed by atoms with E-state index in [9.17, 15) is 8.42 Å². The van der Waals surface area contributed by atoms with E-state index in [0.29, 0.717) is 6.61 Å². The van der Waals surface area contributed by atoms with E-state index in [1.54, 1.807) is 0 Å². The first-order valence-electron chi connectivity index (χ1n) is 9.84. The largest absolute Gasteiger partial charge is 0.271 e. The van der Waals surface area contributed by atoms with E-state index in [2.05, 4.69) is 5.43 Å². The van der Waals surface area contributed by atoms with Gasteiger partial charge in [0, 0.05) is 6.54 Å². The molecule has 0 spiro atoms. The number of hydrazine groups is 1. The Hall–Kier alpha value is -0.170. The van der Waals surface area contributed by atoms with Gasteiger partial charge in [0.15, 0.2) is 0 Å². The maximum Gasteiger partial charge on any atom is 0.264 e. The molecular formula is C18H40N2O3S. The molecule has 0 bridgehead atoms. The predicted molar refractivity (Wildman–Crippen MR) is 102 cm³/mol. The third-order valence-corrected chi connectivity index (χ3v) is 4.86. The highest BCUT2D eigenvalue weighted by Crippen LogP contribution is 2.13. The molecule has 0 atom stereocenters. The van der Waals surface area contributed by atoms with Gasteiger partial charge in [0.1, 0.15) is 0 Å². The van der Waals surface area contributed by atoms with Crippen molar-refractivity contribution in [2.75, 3.05) is 19.4 Å². The average Bonchev–Trinajstić information content (AvgIpc) is 2.52. The van der Waals surface area contributed by atoms with Crippen molar-refractivity contribution in [2.24, 2.45) is 5.84 Å². The van der Waals surface area contributed by atoms with Gasteiger partial charge in [-0.2, -0.15) is 8.42 Å². The Labute approximate surface area is 150 Å². The van der Waals surface area contributed by atoms with Gasteiger partial charge in [-0.15, -0.1) is 0 Å². The number of nitrogens with two attached hydrogens (primary N) is 1. The summed E-state index contributed by atoms with van der Waals surface area (Å²) >= 11 is 0. The van der Waals surface area contributed by atoms with Crippen molar-refractivity contribution in [1.82, 2.24) is 5.43 Å². The van der Waals surface area contributed by atoms with Crippen LogP contribution in [0.3, 0.4) is 0 Å². The number of hydrogen-bond donors (Lipinski definition) is 2. The van der Waals surface area contributed by atoms with Crippen LogP contribution >= 0.6 is 0 Å². The summed E-state index contributed by atoms with van der Waals surface area (Å²) in [6, 6.07) is 0. The molecule has 0 rings (SSSR count). The molecule has 0 heterocycles. The zero-order valence-electron chi connectivity index (χ0n) is 15.7. The van der Waals surface area contributed by atoms with Gasteiger partial charge in [-0.1, -0.05) is 83.5 Å². The Morgan fingerprint density at radius 1 is 0.667 bits per heavy atom. The van der Waals surface area contributed by atoms with Gasteiger partial charge in [0.25, 0.3) is 10.1 Å². The molecule has 0 aliphatic carbocycles. The van der Waals surface area contributed by atoms with Crippen molar-refractivity contribution in [3.05, 3.63) is 0 Å². The van der Waals surface area contributed by atoms with Crippen LogP contribution in [0.2, 0.25) is 0 Å². The molecule has 24 heavy (non-hydrogen) atoms. The van der Waals surface area contributed by atoms with Crippen LogP contribution in [0, 0.1) is 0 Å². The van der Waals surface area contributed by atoms with Crippen LogP contribution in [0.4, 0.5) is 0 Å². The molecule has 3 N–H and O–H groups in total. The lowest BCUT2D eigenvalue weighted by Gasteiger charge is -2.04. The molecule has 0 saturated heterocycles. The average molecular weight is 365 g/mol. The highest BCUT2D eigenvalue weighted by atomic mass is 32.2. The van der Waals surface area contributed by atoms with Gasteiger partial charge < -0.3 is 0 Å². The SMILES string of the molecule is CS(=O)(=O)OCCCCCCCCCCCCCCCCCNN. The summed E-state index contributed by atoms with van der Waals surface area (Å²) in [5.41, 5.74) is 2.70. The second kappa shape index (κ2) is 17.6. The number of rotatable bonds is 19. The summed E-state index contributed by atoms with van der Waals surface area (Å²) in [5, 5.41) is 0. The van der Waals surface area contributed by atoms with Crippen molar-refractivity contribution >= 4 is 10.1 Å². The summed E-state index contributed by atoms with van der Waals surface area (Å²) in [4.78, 5) is 0. The number of unbranched alkanes of at least 4 members (excludes halogenated alkanes) is 14. The summed E-state index contributed by atoms with van der Waals surface area (Å²) < 4.78 is 26.3. The Morgan fingerprint density at radius 3 is 1.33 bits per heavy atom. The summed E-state index contributed by atoms with van der Waals surface area (Å²) in [7, 11) is -3.25. The van der Waals surface area contributed by atoms with Crippen LogP contribution in [-0.2, 0) is 14.3 Å². The minimum Gasteiger partial charge on any atom is -0.271 e. The first-order valence-corrected chi connectivity index (χ1v) is 11.7. The first kappa shape index (κ1) is 23.8. The van der Waals surface area contributed by atoms with Gasteiger partial charge in [-0.3, -0.25) is 15.5 Å². The van der Waals surface area contributed by atoms with Crippen LogP contribution in [0.15, 0.2) is 0 Å². The van der Waals surface area contributed by atoms with Gasteiger partial charge in [-0.25, -0.2) is 0 Å². The molecule has 0 fully saturated rings. The van der Waals surface area contributed by atoms with E-state index < -0.39 is 10.1 Å². The van der Waals surface area contributed by atoms with Crippen molar-refractivity contribution in [1.29, 1.82) is 0 Å². The Balaban J connectivity index is 3.03. The monoisotopic (exact) mass is 364 g/mol. The minimum absolute atomic E-state index is 0.336. The van der Waals surface area contributed by atoms with Gasteiger partial charge in [0.05, 0.1) is 12.9 Å². The quantitative estimate of drug-likeness (QED) is 0.155. The Kier molecular flexibility index (Phi) is 17.5. The second-order valence-electron chi connectivity index (χ2n) is 6.78. The minimum atomic E-state index is -3.25. The molecule has 0 amide bonds. The standard InChI is InChI=1S/C18H40N2O3S/c1-24(21,22)23-18-16-14-12-10-8-6-4-2-3-5-7-9-11-13-15-17-20-19/h20H,2-19H2,1H3. The molecule has 0 radical (unpaired) electrons. The molecule has 0 unspecified atom stereocenters. The van der Waals surface area contributed by atoms with Crippen molar-refractivity contribution in [3.8, 4) is 0 Å². The second-order valence-corrected chi connectivity index (χ2v) is 8.43. The van der Waals surface area contributed by atoms with E-state index >= 15 is 0 Å². The Bertz CT molecular complexity index is 348. The molecule has 0 aliphatic heterocycles. The topological polar surface area (TPSA) is 81.4 Å². The van der Waals surface area contributed by atoms with E-state index in [-0.39, 0.29) is 0 Å². The molecule has 6 heteroatoms. The summed E-state index contributed by atoms with van der Waals surface area (Å²) in [5.74, 6) is 5.23. The molecule has 0 aromatic carbocycles. The lowest BCUT2D eigenvalue weighted by atomic mass is 10.0. The highest BCUT2D eigenvalue weighted by Gasteiger charge is 2.00. The van der Waals surface area contributed by atoms with Crippen LogP contribution in [0.1, 0.15) is 96.3 Å². The molecule has 5 nitrogen and oxygen atoms in total. The molecule has 0 aliphatic rings. The molecular weight excluding hydrogens is 324 g/mol. The fraction of sp³-hybridized carbons (Fsp3) is 1.00. The van der Waals surface area contributed by atoms with Gasteiger partial charge in [-0.05, 0) is 12.8 Å². The maximum atomic E-state index is 10.8. The molecule has 0 aromatic heterocycles. The smallest absolute Gasteiger partial charge is 0.264 e. The van der Waals surface area contributed by atoms with Crippen LogP contribution in [0.5, 0.6) is 0 Å². The van der Waals surface area contributed by atoms with Crippen molar-refractivity contribution < 1.29 is 12.6 Å². The normalized spacial score (nSPS) is 11.9. The van der Waals surface area contributed by atoms with Crippen molar-refractivity contribution in [2.45, 2.75) is 96.3 Å². The van der Waals surface area contributed by atoms with E-state index in [1.807, 2.05) is 0 Å². The number of hydrogen-bond acceptors (Lipinski definition) is 5. The fourth-order valence-electron chi connectivity index (χ4n) is 2.84. The third kappa shape index (κ3) is 21.8. The van der Waals surface area contributed by atoms with Gasteiger partial charge in [0.2, 0.25) is 0 Å². The predicted octanol–water partition coefficient (Wildman–Crippen LogP) is 4.28. The fourth-order valence-corrected chi connectivity index (χ4v) is 3.26. The van der Waals surface area contributed by atoms with Crippen LogP contribution in [0.25, 0.3) is 0 Å². The van der Waals surface area contributed by atoms with Gasteiger partial charge >= 0.3 is 0 Å². The van der Waals surface area contributed by atoms with E-state index in [4.69, 9.17) is 10.0 Å². The maximum absolute atomic E-state index is 10.8. The zero-order chi connectivity index (χ0) is 17.9. The highest BCUT2D eigenvalue weighted by molar-refractivity contribution is 7.85. The summed E-state index contributed by atoms with van der Waals surface area (Å²) in [6.07, 6.45) is 20.2. The Morgan fingerprint density at radius 2 is 1.00 bits per heavy atom. The summed E-state index contributed by atoms with van der Waals surface area (Å²) in [6.45, 7) is 1.27. The van der Waals surface area contributed by atoms with Crippen LogP contribution in [-0.4, -0.2) is 27.8 Å². The van der Waals surface area contributed by atoms with Crippen molar-refractivity contribution in [3.63, 3.8) is 0 Å². The van der Waals surface area contributed by atoms with Crippen LogP contribution < -0.4 is 11.3 Å².